The highest BCUT2D eigenvalue weighted by Gasteiger charge is 2.12. The van der Waals surface area contributed by atoms with Crippen LogP contribution in [0.25, 0.3) is 11.0 Å². The van der Waals surface area contributed by atoms with Gasteiger partial charge in [0.2, 0.25) is 0 Å². The number of benzene rings is 2. The van der Waals surface area contributed by atoms with Gasteiger partial charge < -0.3 is 15.1 Å². The summed E-state index contributed by atoms with van der Waals surface area (Å²) in [4.78, 5) is 24.2. The predicted molar refractivity (Wildman–Crippen MR) is 118 cm³/mol. The summed E-state index contributed by atoms with van der Waals surface area (Å²) in [5, 5.41) is 7.14. The molecule has 5 nitrogen and oxygen atoms in total. The minimum Gasteiger partial charge on any atom is -0.423 e. The van der Waals surface area contributed by atoms with Crippen molar-refractivity contribution in [2.75, 3.05) is 11.9 Å². The second-order valence-corrected chi connectivity index (χ2v) is 7.69. The largest absolute Gasteiger partial charge is 0.423 e. The van der Waals surface area contributed by atoms with E-state index in [-0.39, 0.29) is 11.5 Å². The van der Waals surface area contributed by atoms with Gasteiger partial charge in [0.25, 0.3) is 5.91 Å². The molecule has 5 heteroatoms. The van der Waals surface area contributed by atoms with Crippen molar-refractivity contribution < 1.29 is 9.21 Å². The average molecular weight is 392 g/mol. The molecule has 2 aromatic carbocycles. The molecule has 1 amide bonds. The fourth-order valence-corrected chi connectivity index (χ4v) is 3.57. The normalized spacial score (nSPS) is 11.1. The lowest BCUT2D eigenvalue weighted by atomic mass is 9.95. The van der Waals surface area contributed by atoms with Crippen LogP contribution in [-0.2, 0) is 6.54 Å². The second-order valence-electron chi connectivity index (χ2n) is 7.69. The quantitative estimate of drug-likeness (QED) is 0.586. The molecule has 152 valence electrons. The zero-order chi connectivity index (χ0) is 21.1. The van der Waals surface area contributed by atoms with E-state index < -0.39 is 0 Å². The molecule has 0 aliphatic rings. The first kappa shape index (κ1) is 20.6. The van der Waals surface area contributed by atoms with Crippen molar-refractivity contribution >= 4 is 22.6 Å². The highest BCUT2D eigenvalue weighted by atomic mass is 16.4. The van der Waals surface area contributed by atoms with Crippen LogP contribution >= 0.6 is 0 Å². The molecule has 0 spiro atoms. The number of rotatable bonds is 6. The molecular weight excluding hydrogens is 364 g/mol. The van der Waals surface area contributed by atoms with Crippen molar-refractivity contribution in [2.24, 2.45) is 0 Å². The maximum atomic E-state index is 12.1. The van der Waals surface area contributed by atoms with Crippen LogP contribution in [0.1, 0.15) is 59.3 Å². The van der Waals surface area contributed by atoms with E-state index >= 15 is 0 Å². The van der Waals surface area contributed by atoms with Gasteiger partial charge >= 0.3 is 5.63 Å². The predicted octanol–water partition coefficient (Wildman–Crippen LogP) is 4.90. The number of amides is 1. The molecule has 0 aliphatic heterocycles. The number of nitrogens with one attached hydrogen (secondary N) is 2. The van der Waals surface area contributed by atoms with E-state index in [9.17, 15) is 9.59 Å². The average Bonchev–Trinajstić information content (AvgIpc) is 2.66. The Bertz CT molecular complexity index is 1110. The van der Waals surface area contributed by atoms with Crippen LogP contribution < -0.4 is 16.3 Å². The van der Waals surface area contributed by atoms with E-state index in [0.29, 0.717) is 30.2 Å². The van der Waals surface area contributed by atoms with Gasteiger partial charge in [-0.2, -0.15) is 0 Å². The summed E-state index contributed by atoms with van der Waals surface area (Å²) in [6.07, 6.45) is 0. The van der Waals surface area contributed by atoms with E-state index in [0.717, 1.165) is 27.8 Å². The Kier molecular flexibility index (Phi) is 6.06. The standard InChI is InChI=1S/C24H28N2O3/c1-6-25-24(28)17-8-7-15(4)21(10-17)26-13-18-11-23(27)29-22-9-16(5)19(14(2)3)12-20(18)22/h7-12,14,26H,6,13H2,1-5H3,(H,25,28). The smallest absolute Gasteiger partial charge is 0.336 e. The van der Waals surface area contributed by atoms with Crippen LogP contribution in [0.5, 0.6) is 0 Å². The zero-order valence-corrected chi connectivity index (χ0v) is 17.7. The first-order valence-electron chi connectivity index (χ1n) is 10.00. The van der Waals surface area contributed by atoms with Gasteiger partial charge in [-0.1, -0.05) is 19.9 Å². The molecule has 0 saturated heterocycles. The molecule has 0 bridgehead atoms. The fourth-order valence-electron chi connectivity index (χ4n) is 3.57. The third kappa shape index (κ3) is 4.50. The maximum absolute atomic E-state index is 12.1. The van der Waals surface area contributed by atoms with Crippen molar-refractivity contribution in [3.63, 3.8) is 0 Å². The third-order valence-corrected chi connectivity index (χ3v) is 5.15. The first-order chi connectivity index (χ1) is 13.8. The Labute approximate surface area is 171 Å². The highest BCUT2D eigenvalue weighted by Crippen LogP contribution is 2.27. The molecule has 1 aromatic heterocycles. The SMILES string of the molecule is CCNC(=O)c1ccc(C)c(NCc2cc(=O)oc3cc(C)c(C(C)C)cc23)c1. The Morgan fingerprint density at radius 3 is 2.52 bits per heavy atom. The number of aryl methyl sites for hydroxylation is 2. The van der Waals surface area contributed by atoms with Crippen molar-refractivity contribution in [3.8, 4) is 0 Å². The van der Waals surface area contributed by atoms with Gasteiger partial charge in [0.05, 0.1) is 0 Å². The lowest BCUT2D eigenvalue weighted by Gasteiger charge is -2.15. The van der Waals surface area contributed by atoms with Gasteiger partial charge in [-0.15, -0.1) is 0 Å². The Morgan fingerprint density at radius 1 is 1.07 bits per heavy atom. The van der Waals surface area contributed by atoms with Gasteiger partial charge in [-0.25, -0.2) is 4.79 Å². The maximum Gasteiger partial charge on any atom is 0.336 e. The molecule has 0 radical (unpaired) electrons. The van der Waals surface area contributed by atoms with E-state index in [4.69, 9.17) is 4.42 Å². The fraction of sp³-hybridized carbons (Fsp3) is 0.333. The van der Waals surface area contributed by atoms with Crippen molar-refractivity contribution in [1.82, 2.24) is 5.32 Å². The lowest BCUT2D eigenvalue weighted by Crippen LogP contribution is -2.22. The molecule has 2 N–H and O–H groups in total. The first-order valence-corrected chi connectivity index (χ1v) is 10.00. The summed E-state index contributed by atoms with van der Waals surface area (Å²) in [7, 11) is 0. The molecule has 0 aliphatic carbocycles. The molecule has 29 heavy (non-hydrogen) atoms. The number of anilines is 1. The molecule has 0 saturated carbocycles. The van der Waals surface area contributed by atoms with Gasteiger partial charge in [0.15, 0.2) is 0 Å². The van der Waals surface area contributed by atoms with Crippen LogP contribution in [-0.4, -0.2) is 12.5 Å². The van der Waals surface area contributed by atoms with E-state index in [1.54, 1.807) is 0 Å². The van der Waals surface area contributed by atoms with E-state index in [1.807, 2.05) is 45.0 Å². The zero-order valence-electron chi connectivity index (χ0n) is 17.7. The summed E-state index contributed by atoms with van der Waals surface area (Å²) in [5.74, 6) is 0.279. The van der Waals surface area contributed by atoms with Crippen LogP contribution in [0.3, 0.4) is 0 Å². The van der Waals surface area contributed by atoms with Crippen LogP contribution in [0.2, 0.25) is 0 Å². The number of hydrogen-bond donors (Lipinski definition) is 2. The summed E-state index contributed by atoms with van der Waals surface area (Å²) >= 11 is 0. The number of fused-ring (bicyclic) bond motifs is 1. The Hall–Kier alpha value is -3.08. The van der Waals surface area contributed by atoms with Gasteiger partial charge in [0.1, 0.15) is 5.58 Å². The molecular formula is C24H28N2O3. The molecule has 0 fully saturated rings. The van der Waals surface area contributed by atoms with E-state index in [1.165, 1.54) is 11.6 Å². The van der Waals surface area contributed by atoms with Crippen molar-refractivity contribution in [3.05, 3.63) is 74.6 Å². The van der Waals surface area contributed by atoms with Gasteiger partial charge in [0, 0.05) is 35.8 Å². The summed E-state index contributed by atoms with van der Waals surface area (Å²) in [5.41, 5.74) is 5.97. The Balaban J connectivity index is 1.96. The minimum atomic E-state index is -0.362. The monoisotopic (exact) mass is 392 g/mol. The van der Waals surface area contributed by atoms with Crippen molar-refractivity contribution in [1.29, 1.82) is 0 Å². The second kappa shape index (κ2) is 8.52. The molecule has 3 rings (SSSR count). The molecule has 0 unspecified atom stereocenters. The Morgan fingerprint density at radius 2 is 1.83 bits per heavy atom. The number of carbonyl (C=O) groups excluding carboxylic acids is 1. The molecule has 0 atom stereocenters. The van der Waals surface area contributed by atoms with E-state index in [2.05, 4.69) is 30.5 Å². The van der Waals surface area contributed by atoms with Crippen LogP contribution in [0.15, 0.2) is 45.6 Å². The molecule has 1 heterocycles. The van der Waals surface area contributed by atoms with Gasteiger partial charge in [-0.3, -0.25) is 4.79 Å². The topological polar surface area (TPSA) is 71.3 Å². The van der Waals surface area contributed by atoms with Crippen LogP contribution in [0, 0.1) is 13.8 Å². The van der Waals surface area contributed by atoms with Crippen LogP contribution in [0.4, 0.5) is 5.69 Å². The highest BCUT2D eigenvalue weighted by molar-refractivity contribution is 5.95. The summed E-state index contributed by atoms with van der Waals surface area (Å²) in [6, 6.07) is 11.2. The molecule has 3 aromatic rings. The third-order valence-electron chi connectivity index (χ3n) is 5.15. The minimum absolute atomic E-state index is 0.0987. The number of carbonyl (C=O) groups is 1. The summed E-state index contributed by atoms with van der Waals surface area (Å²) in [6.45, 7) is 11.3. The lowest BCUT2D eigenvalue weighted by molar-refractivity contribution is 0.0956. The van der Waals surface area contributed by atoms with Crippen molar-refractivity contribution in [2.45, 2.75) is 47.1 Å². The van der Waals surface area contributed by atoms with Gasteiger partial charge in [-0.05, 0) is 73.2 Å². The summed E-state index contributed by atoms with van der Waals surface area (Å²) < 4.78 is 5.43. The number of hydrogen-bond acceptors (Lipinski definition) is 4.